The standard InChI is InChI=1S/C16H21N3O2/c1-12(14-5-7-15(21-3)8-6-14)19(2)16(20)9-4-13-10-17-18-11-13/h5-8,10-12H,4,9H2,1-3H3,(H,17,18). The number of ether oxygens (including phenoxy) is 1. The fourth-order valence-electron chi connectivity index (χ4n) is 2.16. The van der Waals surface area contributed by atoms with Crippen molar-refractivity contribution in [3.05, 3.63) is 47.8 Å². The van der Waals surface area contributed by atoms with Gasteiger partial charge in [-0.2, -0.15) is 5.10 Å². The molecule has 0 aliphatic heterocycles. The molecule has 1 N–H and O–H groups in total. The molecule has 1 atom stereocenters. The number of methoxy groups -OCH3 is 1. The molecule has 2 aromatic rings. The first-order valence-corrected chi connectivity index (χ1v) is 6.99. The number of benzene rings is 1. The number of hydrogen-bond donors (Lipinski definition) is 1. The second-order valence-electron chi connectivity index (χ2n) is 5.06. The van der Waals surface area contributed by atoms with Gasteiger partial charge in [0.2, 0.25) is 5.91 Å². The van der Waals surface area contributed by atoms with Crippen molar-refractivity contribution in [2.45, 2.75) is 25.8 Å². The zero-order valence-corrected chi connectivity index (χ0v) is 12.7. The van der Waals surface area contributed by atoms with Gasteiger partial charge < -0.3 is 9.64 Å². The average Bonchev–Trinajstić information content (AvgIpc) is 3.04. The zero-order chi connectivity index (χ0) is 15.2. The van der Waals surface area contributed by atoms with Crippen LogP contribution >= 0.6 is 0 Å². The third-order valence-electron chi connectivity index (χ3n) is 3.75. The van der Waals surface area contributed by atoms with E-state index in [1.165, 1.54) is 0 Å². The van der Waals surface area contributed by atoms with E-state index in [-0.39, 0.29) is 11.9 Å². The Balaban J connectivity index is 1.93. The van der Waals surface area contributed by atoms with Crippen LogP contribution in [0.2, 0.25) is 0 Å². The molecule has 1 heterocycles. The third-order valence-corrected chi connectivity index (χ3v) is 3.75. The van der Waals surface area contributed by atoms with Gasteiger partial charge in [0.15, 0.2) is 0 Å². The van der Waals surface area contributed by atoms with Gasteiger partial charge in [-0.15, -0.1) is 0 Å². The summed E-state index contributed by atoms with van der Waals surface area (Å²) in [6, 6.07) is 7.84. The van der Waals surface area contributed by atoms with Gasteiger partial charge in [-0.1, -0.05) is 12.1 Å². The number of aromatic amines is 1. The lowest BCUT2D eigenvalue weighted by Crippen LogP contribution is -2.29. The highest BCUT2D eigenvalue weighted by atomic mass is 16.5. The Labute approximate surface area is 124 Å². The minimum atomic E-state index is 0.0350. The molecular formula is C16H21N3O2. The van der Waals surface area contributed by atoms with Crippen LogP contribution in [-0.4, -0.2) is 35.2 Å². The number of H-pyrrole nitrogens is 1. The predicted molar refractivity (Wildman–Crippen MR) is 81.1 cm³/mol. The highest BCUT2D eigenvalue weighted by Gasteiger charge is 2.17. The largest absolute Gasteiger partial charge is 0.497 e. The van der Waals surface area contributed by atoms with E-state index >= 15 is 0 Å². The molecule has 21 heavy (non-hydrogen) atoms. The molecule has 0 fully saturated rings. The molecule has 0 aliphatic rings. The van der Waals surface area contributed by atoms with Gasteiger partial charge >= 0.3 is 0 Å². The first kappa shape index (κ1) is 15.1. The monoisotopic (exact) mass is 287 g/mol. The van der Waals surface area contributed by atoms with E-state index in [2.05, 4.69) is 10.2 Å². The summed E-state index contributed by atoms with van der Waals surface area (Å²) >= 11 is 0. The van der Waals surface area contributed by atoms with Crippen LogP contribution in [-0.2, 0) is 11.2 Å². The van der Waals surface area contributed by atoms with Gasteiger partial charge in [-0.3, -0.25) is 9.89 Å². The minimum absolute atomic E-state index is 0.0350. The van der Waals surface area contributed by atoms with Gasteiger partial charge in [-0.25, -0.2) is 0 Å². The van der Waals surface area contributed by atoms with Gasteiger partial charge in [0.05, 0.1) is 19.3 Å². The Hall–Kier alpha value is -2.30. The maximum Gasteiger partial charge on any atom is 0.223 e. The van der Waals surface area contributed by atoms with Crippen LogP contribution in [0.15, 0.2) is 36.7 Å². The summed E-state index contributed by atoms with van der Waals surface area (Å²) in [5.74, 6) is 0.944. The molecule has 0 saturated heterocycles. The lowest BCUT2D eigenvalue weighted by molar-refractivity contribution is -0.131. The van der Waals surface area contributed by atoms with Crippen LogP contribution in [0.5, 0.6) is 5.75 Å². The SMILES string of the molecule is COc1ccc(C(C)N(C)C(=O)CCc2cn[nH]c2)cc1. The summed E-state index contributed by atoms with van der Waals surface area (Å²) in [6.45, 7) is 2.03. The summed E-state index contributed by atoms with van der Waals surface area (Å²) in [5, 5.41) is 6.64. The lowest BCUT2D eigenvalue weighted by Gasteiger charge is -2.25. The Morgan fingerprint density at radius 1 is 1.38 bits per heavy atom. The van der Waals surface area contributed by atoms with Gasteiger partial charge in [0.25, 0.3) is 0 Å². The van der Waals surface area contributed by atoms with E-state index < -0.39 is 0 Å². The molecule has 1 amide bonds. The highest BCUT2D eigenvalue weighted by molar-refractivity contribution is 5.76. The van der Waals surface area contributed by atoms with Crippen LogP contribution in [0, 0.1) is 0 Å². The summed E-state index contributed by atoms with van der Waals surface area (Å²) in [7, 11) is 3.48. The van der Waals surface area contributed by atoms with Crippen molar-refractivity contribution in [1.29, 1.82) is 0 Å². The number of aromatic nitrogens is 2. The fraction of sp³-hybridized carbons (Fsp3) is 0.375. The first-order valence-electron chi connectivity index (χ1n) is 6.99. The molecular weight excluding hydrogens is 266 g/mol. The molecule has 0 spiro atoms. The first-order chi connectivity index (χ1) is 10.1. The minimum Gasteiger partial charge on any atom is -0.497 e. The highest BCUT2D eigenvalue weighted by Crippen LogP contribution is 2.22. The van der Waals surface area contributed by atoms with Gasteiger partial charge in [0, 0.05) is 19.7 Å². The molecule has 0 radical (unpaired) electrons. The number of nitrogens with one attached hydrogen (secondary N) is 1. The maximum absolute atomic E-state index is 12.2. The molecule has 112 valence electrons. The van der Waals surface area contributed by atoms with Crippen LogP contribution in [0.1, 0.15) is 30.5 Å². The van der Waals surface area contributed by atoms with Crippen LogP contribution in [0.3, 0.4) is 0 Å². The average molecular weight is 287 g/mol. The summed E-state index contributed by atoms with van der Waals surface area (Å²) in [6.07, 6.45) is 4.76. The Kier molecular flexibility index (Phi) is 4.98. The van der Waals surface area contributed by atoms with Crippen molar-refractivity contribution in [2.24, 2.45) is 0 Å². The van der Waals surface area contributed by atoms with E-state index in [1.807, 2.05) is 44.4 Å². The van der Waals surface area contributed by atoms with Crippen molar-refractivity contribution >= 4 is 5.91 Å². The van der Waals surface area contributed by atoms with Crippen LogP contribution in [0.4, 0.5) is 0 Å². The third kappa shape index (κ3) is 3.84. The molecule has 1 aromatic heterocycles. The van der Waals surface area contributed by atoms with Crippen molar-refractivity contribution in [3.8, 4) is 5.75 Å². The second-order valence-corrected chi connectivity index (χ2v) is 5.06. The van der Waals surface area contributed by atoms with Gasteiger partial charge in [-0.05, 0) is 36.6 Å². The maximum atomic E-state index is 12.2. The lowest BCUT2D eigenvalue weighted by atomic mass is 10.1. The number of aryl methyl sites for hydroxylation is 1. The van der Waals surface area contributed by atoms with E-state index in [9.17, 15) is 4.79 Å². The molecule has 0 saturated carbocycles. The van der Waals surface area contributed by atoms with E-state index in [0.717, 1.165) is 16.9 Å². The van der Waals surface area contributed by atoms with Crippen LogP contribution < -0.4 is 4.74 Å². The second kappa shape index (κ2) is 6.92. The zero-order valence-electron chi connectivity index (χ0n) is 12.7. The van der Waals surface area contributed by atoms with Crippen molar-refractivity contribution in [2.75, 3.05) is 14.2 Å². The molecule has 1 aromatic carbocycles. The number of carbonyl (C=O) groups excluding carboxylic acids is 1. The van der Waals surface area contributed by atoms with Crippen molar-refractivity contribution in [3.63, 3.8) is 0 Å². The number of hydrogen-bond acceptors (Lipinski definition) is 3. The number of nitrogens with zero attached hydrogens (tertiary/aromatic N) is 2. The smallest absolute Gasteiger partial charge is 0.223 e. The molecule has 2 rings (SSSR count). The van der Waals surface area contributed by atoms with E-state index in [1.54, 1.807) is 18.2 Å². The van der Waals surface area contributed by atoms with Crippen LogP contribution in [0.25, 0.3) is 0 Å². The Morgan fingerprint density at radius 2 is 2.10 bits per heavy atom. The molecule has 0 aliphatic carbocycles. The molecule has 5 nitrogen and oxygen atoms in total. The summed E-state index contributed by atoms with van der Waals surface area (Å²) < 4.78 is 5.15. The normalized spacial score (nSPS) is 12.0. The van der Waals surface area contributed by atoms with Crippen molar-refractivity contribution < 1.29 is 9.53 Å². The van der Waals surface area contributed by atoms with E-state index in [4.69, 9.17) is 4.74 Å². The summed E-state index contributed by atoms with van der Waals surface area (Å²) in [4.78, 5) is 14.0. The predicted octanol–water partition coefficient (Wildman–Crippen LogP) is 2.57. The van der Waals surface area contributed by atoms with Gasteiger partial charge in [0.1, 0.15) is 5.75 Å². The van der Waals surface area contributed by atoms with Crippen molar-refractivity contribution in [1.82, 2.24) is 15.1 Å². The number of amides is 1. The number of rotatable bonds is 6. The Morgan fingerprint density at radius 3 is 2.67 bits per heavy atom. The Bertz CT molecular complexity index is 564. The van der Waals surface area contributed by atoms with E-state index in [0.29, 0.717) is 12.8 Å². The molecule has 1 unspecified atom stereocenters. The molecule has 0 bridgehead atoms. The summed E-state index contributed by atoms with van der Waals surface area (Å²) in [5.41, 5.74) is 2.14. The molecule has 5 heteroatoms. The topological polar surface area (TPSA) is 58.2 Å². The number of carbonyl (C=O) groups is 1. The fourth-order valence-corrected chi connectivity index (χ4v) is 2.16. The quantitative estimate of drug-likeness (QED) is 0.888.